The summed E-state index contributed by atoms with van der Waals surface area (Å²) in [6.45, 7) is 4.14. The third kappa shape index (κ3) is 5.35. The van der Waals surface area contributed by atoms with Gasteiger partial charge in [-0.25, -0.2) is 4.99 Å². The number of amidine groups is 1. The first kappa shape index (κ1) is 19.0. The summed E-state index contributed by atoms with van der Waals surface area (Å²) in [5.41, 5.74) is 5.34. The van der Waals surface area contributed by atoms with E-state index in [9.17, 15) is 0 Å². The molecule has 0 aromatic heterocycles. The van der Waals surface area contributed by atoms with Crippen molar-refractivity contribution in [3.05, 3.63) is 94.5 Å². The maximum atomic E-state index is 6.01. The monoisotopic (exact) mass is 369 g/mol. The fourth-order valence-electron chi connectivity index (χ4n) is 2.29. The average molecular weight is 370 g/mol. The quantitative estimate of drug-likeness (QED) is 0.556. The van der Waals surface area contributed by atoms with Crippen molar-refractivity contribution in [3.8, 4) is 0 Å². The van der Waals surface area contributed by atoms with E-state index >= 15 is 0 Å². The van der Waals surface area contributed by atoms with Gasteiger partial charge in [0.15, 0.2) is 0 Å². The highest BCUT2D eigenvalue weighted by Gasteiger charge is 2.05. The molecule has 3 aromatic carbocycles. The molecule has 0 unspecified atom stereocenters. The number of aryl methyl sites for hydroxylation is 2. The molecule has 2 nitrogen and oxygen atoms in total. The molecule has 0 fully saturated rings. The first-order valence-electron chi connectivity index (χ1n) is 7.85. The molecule has 1 N–H and O–H groups in total. The second-order valence-corrected chi connectivity index (χ2v) is 6.23. The molecule has 0 aliphatic rings. The van der Waals surface area contributed by atoms with Gasteiger partial charge in [-0.3, -0.25) is 0 Å². The van der Waals surface area contributed by atoms with Gasteiger partial charge < -0.3 is 17.7 Å². The van der Waals surface area contributed by atoms with Crippen LogP contribution < -0.4 is 17.7 Å². The van der Waals surface area contributed by atoms with Gasteiger partial charge >= 0.3 is 0 Å². The number of benzene rings is 3. The van der Waals surface area contributed by atoms with Crippen molar-refractivity contribution in [2.24, 2.45) is 4.99 Å². The van der Waals surface area contributed by atoms with Crippen LogP contribution in [0, 0.1) is 13.8 Å². The van der Waals surface area contributed by atoms with E-state index in [1.165, 1.54) is 11.1 Å². The van der Waals surface area contributed by atoms with Crippen molar-refractivity contribution < 1.29 is 12.4 Å². The summed E-state index contributed by atoms with van der Waals surface area (Å²) in [5.74, 6) is 0.791. The third-order valence-electron chi connectivity index (χ3n) is 3.71. The van der Waals surface area contributed by atoms with E-state index in [0.29, 0.717) is 5.02 Å². The Labute approximate surface area is 160 Å². The molecule has 0 heterocycles. The summed E-state index contributed by atoms with van der Waals surface area (Å²) in [7, 11) is 0. The van der Waals surface area contributed by atoms with E-state index in [1.54, 1.807) is 0 Å². The number of halogens is 2. The van der Waals surface area contributed by atoms with Crippen LogP contribution in [0.25, 0.3) is 0 Å². The lowest BCUT2D eigenvalue weighted by atomic mass is 10.1. The predicted octanol–water partition coefficient (Wildman–Crippen LogP) is 3.15. The predicted molar refractivity (Wildman–Crippen MR) is 104 cm³/mol. The van der Waals surface area contributed by atoms with Crippen LogP contribution in [0.5, 0.6) is 0 Å². The Morgan fingerprint density at radius 3 is 1.84 bits per heavy atom. The van der Waals surface area contributed by atoms with Gasteiger partial charge in [-0.15, -0.1) is 0 Å². The zero-order valence-corrected chi connectivity index (χ0v) is 15.6. The van der Waals surface area contributed by atoms with Crippen molar-refractivity contribution in [1.82, 2.24) is 0 Å². The number of hydrogen-bond acceptors (Lipinski definition) is 1. The van der Waals surface area contributed by atoms with E-state index in [4.69, 9.17) is 16.6 Å². The molecular formula is C21H19Cl2N2-. The van der Waals surface area contributed by atoms with Gasteiger partial charge in [-0.2, -0.15) is 0 Å². The summed E-state index contributed by atoms with van der Waals surface area (Å²) in [5, 5.41) is 4.12. The van der Waals surface area contributed by atoms with Crippen molar-refractivity contribution in [2.75, 3.05) is 5.32 Å². The first-order chi connectivity index (χ1) is 11.6. The van der Waals surface area contributed by atoms with Crippen LogP contribution in [0.1, 0.15) is 16.7 Å². The Morgan fingerprint density at radius 2 is 1.28 bits per heavy atom. The smallest absolute Gasteiger partial charge is 0.138 e. The fourth-order valence-corrected chi connectivity index (χ4v) is 2.42. The van der Waals surface area contributed by atoms with Gasteiger partial charge in [0.1, 0.15) is 5.84 Å². The summed E-state index contributed by atoms with van der Waals surface area (Å²) < 4.78 is 0. The first-order valence-corrected chi connectivity index (χ1v) is 8.23. The molecule has 0 saturated heterocycles. The van der Waals surface area contributed by atoms with Gasteiger partial charge in [0.25, 0.3) is 0 Å². The lowest BCUT2D eigenvalue weighted by molar-refractivity contribution is -0.00000484. The fraction of sp³-hybridized carbons (Fsp3) is 0.0952. The highest BCUT2D eigenvalue weighted by atomic mass is 35.5. The van der Waals surface area contributed by atoms with E-state index in [-0.39, 0.29) is 12.4 Å². The molecule has 0 aliphatic carbocycles. The zero-order chi connectivity index (χ0) is 16.9. The van der Waals surface area contributed by atoms with Crippen molar-refractivity contribution in [1.29, 1.82) is 0 Å². The van der Waals surface area contributed by atoms with Crippen molar-refractivity contribution in [2.45, 2.75) is 13.8 Å². The highest BCUT2D eigenvalue weighted by molar-refractivity contribution is 6.30. The van der Waals surface area contributed by atoms with E-state index in [1.807, 2.05) is 36.4 Å². The van der Waals surface area contributed by atoms with Crippen LogP contribution in [-0.4, -0.2) is 5.84 Å². The van der Waals surface area contributed by atoms with E-state index in [2.05, 4.69) is 55.6 Å². The van der Waals surface area contributed by atoms with Gasteiger partial charge in [0.2, 0.25) is 0 Å². The molecule has 4 heteroatoms. The second-order valence-electron chi connectivity index (χ2n) is 5.79. The number of anilines is 1. The number of nitrogens with zero attached hydrogens (tertiary/aromatic N) is 1. The minimum absolute atomic E-state index is 0. The molecule has 0 atom stereocenters. The van der Waals surface area contributed by atoms with Crippen LogP contribution in [0.3, 0.4) is 0 Å². The van der Waals surface area contributed by atoms with Gasteiger partial charge in [-0.1, -0.05) is 47.0 Å². The van der Waals surface area contributed by atoms with Crippen molar-refractivity contribution in [3.63, 3.8) is 0 Å². The largest absolute Gasteiger partial charge is 1.00 e. The molecule has 0 saturated carbocycles. The summed E-state index contributed by atoms with van der Waals surface area (Å²) in [6.07, 6.45) is 0. The molecule has 0 aliphatic heterocycles. The number of aliphatic imine (C=N–C) groups is 1. The minimum atomic E-state index is 0. The van der Waals surface area contributed by atoms with Crippen LogP contribution in [0.15, 0.2) is 77.8 Å². The lowest BCUT2D eigenvalue weighted by Crippen LogP contribution is -3.00. The molecule has 0 amide bonds. The molecule has 128 valence electrons. The SMILES string of the molecule is Cc1ccc(N=C(Nc2ccc(C)cc2)c2ccc(Cl)cc2)cc1.[Cl-]. The molecule has 0 bridgehead atoms. The number of nitrogens with one attached hydrogen (secondary N) is 1. The van der Waals surface area contributed by atoms with Crippen LogP contribution >= 0.6 is 11.6 Å². The third-order valence-corrected chi connectivity index (χ3v) is 3.96. The average Bonchev–Trinajstić information content (AvgIpc) is 2.59. The number of rotatable bonds is 3. The Morgan fingerprint density at radius 1 is 0.760 bits per heavy atom. The Bertz CT molecular complexity index is 837. The summed E-state index contributed by atoms with van der Waals surface area (Å²) in [6, 6.07) is 24.1. The number of hydrogen-bond donors (Lipinski definition) is 1. The maximum absolute atomic E-state index is 6.01. The molecule has 3 rings (SSSR count). The zero-order valence-electron chi connectivity index (χ0n) is 14.1. The van der Waals surface area contributed by atoms with E-state index < -0.39 is 0 Å². The Kier molecular flexibility index (Phi) is 6.63. The minimum Gasteiger partial charge on any atom is -1.00 e. The molecular weight excluding hydrogens is 351 g/mol. The molecule has 0 spiro atoms. The standard InChI is InChI=1S/C21H19ClN2.ClH/c1-15-3-11-19(12-4-15)23-21(17-7-9-18(22)10-8-17)24-20-13-5-16(2)6-14-20;/h3-14H,1-2H3,(H,23,24);1H/p-1. The highest BCUT2D eigenvalue weighted by Crippen LogP contribution is 2.18. The Balaban J connectivity index is 0.00000225. The topological polar surface area (TPSA) is 24.4 Å². The summed E-state index contributed by atoms with van der Waals surface area (Å²) in [4.78, 5) is 4.78. The van der Waals surface area contributed by atoms with Crippen LogP contribution in [-0.2, 0) is 0 Å². The van der Waals surface area contributed by atoms with Crippen molar-refractivity contribution >= 4 is 28.8 Å². The van der Waals surface area contributed by atoms with Gasteiger partial charge in [0, 0.05) is 16.3 Å². The second kappa shape index (κ2) is 8.70. The normalized spacial score (nSPS) is 10.9. The van der Waals surface area contributed by atoms with Crippen LogP contribution in [0.2, 0.25) is 5.02 Å². The summed E-state index contributed by atoms with van der Waals surface area (Å²) >= 11 is 6.01. The Hall–Kier alpha value is -2.29. The molecule has 3 aromatic rings. The van der Waals surface area contributed by atoms with Crippen LogP contribution in [0.4, 0.5) is 11.4 Å². The molecule has 0 radical (unpaired) electrons. The van der Waals surface area contributed by atoms with Gasteiger partial charge in [-0.05, 0) is 62.4 Å². The lowest BCUT2D eigenvalue weighted by Gasteiger charge is -2.11. The van der Waals surface area contributed by atoms with E-state index in [0.717, 1.165) is 22.8 Å². The maximum Gasteiger partial charge on any atom is 0.138 e. The molecule has 25 heavy (non-hydrogen) atoms. The van der Waals surface area contributed by atoms with Gasteiger partial charge in [0.05, 0.1) is 5.69 Å².